The van der Waals surface area contributed by atoms with Crippen molar-refractivity contribution in [3.63, 3.8) is 0 Å². The summed E-state index contributed by atoms with van der Waals surface area (Å²) in [4.78, 5) is 17.2. The van der Waals surface area contributed by atoms with Gasteiger partial charge in [-0.3, -0.25) is 4.79 Å². The Balaban J connectivity index is 2.11. The fraction of sp³-hybridized carbons (Fsp3) is 0.312. The molecule has 3 aromatic rings. The van der Waals surface area contributed by atoms with Crippen LogP contribution >= 0.6 is 11.3 Å². The van der Waals surface area contributed by atoms with Crippen LogP contribution in [0.5, 0.6) is 5.88 Å². The number of aromatic hydroxyl groups is 1. The molecule has 0 bridgehead atoms. The van der Waals surface area contributed by atoms with Gasteiger partial charge in [-0.15, -0.1) is 11.3 Å². The van der Waals surface area contributed by atoms with Crippen LogP contribution in [0.15, 0.2) is 18.3 Å². The second-order valence-corrected chi connectivity index (χ2v) is 6.80. The first-order valence-corrected chi connectivity index (χ1v) is 7.89. The lowest BCUT2D eigenvalue weighted by Gasteiger charge is -2.08. The lowest BCUT2D eigenvalue weighted by Crippen LogP contribution is -2.05. The van der Waals surface area contributed by atoms with Crippen LogP contribution in [0.3, 0.4) is 0 Å². The Hall–Kier alpha value is -2.21. The van der Waals surface area contributed by atoms with Crippen LogP contribution in [-0.2, 0) is 0 Å². The van der Waals surface area contributed by atoms with Gasteiger partial charge in [0.25, 0.3) is 0 Å². The lowest BCUT2D eigenvalue weighted by atomic mass is 10.00. The standard InChI is InChI=1S/C16H17N3O2S/c1-8(2)19-16(21)12(7-17-19)15(20)11-5-6-13-14(9(11)3)18-10(4)22-13/h5-8,21H,1-4H3. The zero-order valence-corrected chi connectivity index (χ0v) is 13.7. The normalized spacial score (nSPS) is 11.5. The Kier molecular flexibility index (Phi) is 3.48. The van der Waals surface area contributed by atoms with E-state index in [0.29, 0.717) is 5.56 Å². The van der Waals surface area contributed by atoms with Gasteiger partial charge in [-0.1, -0.05) is 0 Å². The molecule has 0 aliphatic carbocycles. The maximum absolute atomic E-state index is 12.7. The molecule has 22 heavy (non-hydrogen) atoms. The van der Waals surface area contributed by atoms with Crippen LogP contribution in [0.4, 0.5) is 0 Å². The van der Waals surface area contributed by atoms with Gasteiger partial charge in [-0.05, 0) is 45.4 Å². The number of benzene rings is 1. The van der Waals surface area contributed by atoms with Crippen molar-refractivity contribution in [2.45, 2.75) is 33.7 Å². The van der Waals surface area contributed by atoms with Crippen LogP contribution in [0.25, 0.3) is 10.2 Å². The fourth-order valence-electron chi connectivity index (χ4n) is 2.52. The van der Waals surface area contributed by atoms with E-state index in [9.17, 15) is 9.90 Å². The molecule has 0 unspecified atom stereocenters. The van der Waals surface area contributed by atoms with E-state index in [-0.39, 0.29) is 23.3 Å². The van der Waals surface area contributed by atoms with Crippen LogP contribution in [0, 0.1) is 13.8 Å². The first-order chi connectivity index (χ1) is 10.4. The Morgan fingerprint density at radius 1 is 1.27 bits per heavy atom. The number of aromatic nitrogens is 3. The minimum absolute atomic E-state index is 0.00804. The summed E-state index contributed by atoms with van der Waals surface area (Å²) in [5.74, 6) is -0.316. The van der Waals surface area contributed by atoms with Gasteiger partial charge in [0.05, 0.1) is 27.5 Å². The van der Waals surface area contributed by atoms with Gasteiger partial charge in [0.2, 0.25) is 5.88 Å². The monoisotopic (exact) mass is 315 g/mol. The summed E-state index contributed by atoms with van der Waals surface area (Å²) in [5.41, 5.74) is 2.46. The molecule has 0 fully saturated rings. The Bertz CT molecular complexity index is 877. The number of hydrogen-bond acceptors (Lipinski definition) is 5. The maximum Gasteiger partial charge on any atom is 0.221 e. The maximum atomic E-state index is 12.7. The average molecular weight is 315 g/mol. The molecule has 0 atom stereocenters. The summed E-state index contributed by atoms with van der Waals surface area (Å²) in [7, 11) is 0. The third-order valence-electron chi connectivity index (χ3n) is 3.67. The van der Waals surface area contributed by atoms with E-state index in [4.69, 9.17) is 0 Å². The minimum Gasteiger partial charge on any atom is -0.493 e. The fourth-order valence-corrected chi connectivity index (χ4v) is 3.41. The van der Waals surface area contributed by atoms with Crippen molar-refractivity contribution in [3.8, 4) is 5.88 Å². The van der Waals surface area contributed by atoms with Gasteiger partial charge in [-0.25, -0.2) is 9.67 Å². The van der Waals surface area contributed by atoms with Crippen molar-refractivity contribution in [1.82, 2.24) is 14.8 Å². The molecule has 0 spiro atoms. The molecule has 2 heterocycles. The highest BCUT2D eigenvalue weighted by molar-refractivity contribution is 7.18. The van der Waals surface area contributed by atoms with Crippen LogP contribution < -0.4 is 0 Å². The number of thiazole rings is 1. The third-order valence-corrected chi connectivity index (χ3v) is 4.60. The quantitative estimate of drug-likeness (QED) is 0.749. The summed E-state index contributed by atoms with van der Waals surface area (Å²) in [5, 5.41) is 15.3. The molecule has 2 aromatic heterocycles. The van der Waals surface area contributed by atoms with Crippen molar-refractivity contribution in [2.24, 2.45) is 0 Å². The van der Waals surface area contributed by atoms with E-state index in [1.165, 1.54) is 10.9 Å². The Morgan fingerprint density at radius 2 is 2.00 bits per heavy atom. The highest BCUT2D eigenvalue weighted by atomic mass is 32.1. The number of carbonyl (C=O) groups excluding carboxylic acids is 1. The first-order valence-electron chi connectivity index (χ1n) is 7.08. The molecule has 0 amide bonds. The van der Waals surface area contributed by atoms with Gasteiger partial charge < -0.3 is 5.11 Å². The Labute approximate surface area is 132 Å². The summed E-state index contributed by atoms with van der Waals surface area (Å²) >= 11 is 1.61. The summed E-state index contributed by atoms with van der Waals surface area (Å²) < 4.78 is 2.50. The molecule has 0 aliphatic heterocycles. The molecule has 3 rings (SSSR count). The second kappa shape index (κ2) is 5.21. The number of hydrogen-bond donors (Lipinski definition) is 1. The van der Waals surface area contributed by atoms with Crippen LogP contribution in [0.2, 0.25) is 0 Å². The number of aryl methyl sites for hydroxylation is 2. The minimum atomic E-state index is -0.227. The molecular weight excluding hydrogens is 298 g/mol. The molecular formula is C16H17N3O2S. The SMILES string of the molecule is Cc1nc2c(C)c(C(=O)c3cnn(C(C)C)c3O)ccc2s1. The lowest BCUT2D eigenvalue weighted by molar-refractivity contribution is 0.103. The van der Waals surface area contributed by atoms with Gasteiger partial charge in [0.15, 0.2) is 5.78 Å². The summed E-state index contributed by atoms with van der Waals surface area (Å²) in [6, 6.07) is 3.69. The third kappa shape index (κ3) is 2.20. The van der Waals surface area contributed by atoms with Gasteiger partial charge in [-0.2, -0.15) is 5.10 Å². The number of carbonyl (C=O) groups is 1. The van der Waals surface area contributed by atoms with E-state index in [1.54, 1.807) is 17.4 Å². The largest absolute Gasteiger partial charge is 0.493 e. The summed E-state index contributed by atoms with van der Waals surface area (Å²) in [6.45, 7) is 7.63. The van der Waals surface area contributed by atoms with E-state index in [0.717, 1.165) is 20.8 Å². The van der Waals surface area contributed by atoms with E-state index in [2.05, 4.69) is 10.1 Å². The molecule has 6 heteroatoms. The van der Waals surface area contributed by atoms with Crippen LogP contribution in [0.1, 0.15) is 46.4 Å². The van der Waals surface area contributed by atoms with Crippen molar-refractivity contribution in [2.75, 3.05) is 0 Å². The van der Waals surface area contributed by atoms with Crippen molar-refractivity contribution in [1.29, 1.82) is 0 Å². The van der Waals surface area contributed by atoms with E-state index >= 15 is 0 Å². The first kappa shape index (κ1) is 14.7. The molecule has 1 aromatic carbocycles. The topological polar surface area (TPSA) is 68.0 Å². The molecule has 5 nitrogen and oxygen atoms in total. The average Bonchev–Trinajstić information content (AvgIpc) is 3.01. The molecule has 0 radical (unpaired) electrons. The number of fused-ring (bicyclic) bond motifs is 1. The van der Waals surface area contributed by atoms with Gasteiger partial charge >= 0.3 is 0 Å². The van der Waals surface area contributed by atoms with Gasteiger partial charge in [0.1, 0.15) is 5.56 Å². The molecule has 0 saturated carbocycles. The number of rotatable bonds is 3. The van der Waals surface area contributed by atoms with Crippen molar-refractivity contribution >= 4 is 27.3 Å². The highest BCUT2D eigenvalue weighted by Crippen LogP contribution is 2.30. The number of nitrogens with zero attached hydrogens (tertiary/aromatic N) is 3. The predicted molar refractivity (Wildman–Crippen MR) is 86.8 cm³/mol. The molecule has 1 N–H and O–H groups in total. The zero-order valence-electron chi connectivity index (χ0n) is 12.9. The molecule has 0 saturated heterocycles. The number of ketones is 1. The Morgan fingerprint density at radius 3 is 2.64 bits per heavy atom. The smallest absolute Gasteiger partial charge is 0.221 e. The highest BCUT2D eigenvalue weighted by Gasteiger charge is 2.22. The van der Waals surface area contributed by atoms with Crippen LogP contribution in [-0.4, -0.2) is 25.7 Å². The van der Waals surface area contributed by atoms with Crippen molar-refractivity contribution < 1.29 is 9.90 Å². The zero-order chi connectivity index (χ0) is 16.0. The second-order valence-electron chi connectivity index (χ2n) is 5.57. The van der Waals surface area contributed by atoms with Gasteiger partial charge in [0, 0.05) is 5.56 Å². The van der Waals surface area contributed by atoms with Crippen molar-refractivity contribution in [3.05, 3.63) is 40.0 Å². The molecule has 114 valence electrons. The van der Waals surface area contributed by atoms with E-state index in [1.807, 2.05) is 33.8 Å². The summed E-state index contributed by atoms with van der Waals surface area (Å²) in [6.07, 6.45) is 1.42. The molecule has 0 aliphatic rings. The predicted octanol–water partition coefficient (Wildman–Crippen LogP) is 3.63. The van der Waals surface area contributed by atoms with E-state index < -0.39 is 0 Å².